The first-order valence-electron chi connectivity index (χ1n) is 7.30. The zero-order valence-corrected chi connectivity index (χ0v) is 11.9. The molecule has 0 spiro atoms. The van der Waals surface area contributed by atoms with Gasteiger partial charge in [0.2, 0.25) is 5.91 Å². The average molecular weight is 275 g/mol. The summed E-state index contributed by atoms with van der Waals surface area (Å²) in [6.07, 6.45) is 8.65. The van der Waals surface area contributed by atoms with Crippen LogP contribution >= 0.6 is 0 Å². The fraction of sp³-hybridized carbons (Fsp3) is 0.600. The van der Waals surface area contributed by atoms with Gasteiger partial charge in [-0.05, 0) is 25.7 Å². The second kappa shape index (κ2) is 5.40. The molecule has 5 heteroatoms. The first kappa shape index (κ1) is 13.4. The van der Waals surface area contributed by atoms with Crippen molar-refractivity contribution in [3.8, 4) is 0 Å². The lowest BCUT2D eigenvalue weighted by Gasteiger charge is -2.35. The van der Waals surface area contributed by atoms with Gasteiger partial charge in [0.1, 0.15) is 0 Å². The molecule has 0 aromatic carbocycles. The van der Waals surface area contributed by atoms with E-state index in [9.17, 15) is 9.90 Å². The Kier molecular flexibility index (Phi) is 3.61. The molecule has 5 nitrogen and oxygen atoms in total. The Labute approximate surface area is 118 Å². The van der Waals surface area contributed by atoms with E-state index in [1.807, 2.05) is 11.6 Å². The number of fused-ring (bicyclic) bond motifs is 1. The van der Waals surface area contributed by atoms with E-state index in [-0.39, 0.29) is 18.6 Å². The van der Waals surface area contributed by atoms with Crippen molar-refractivity contribution in [1.29, 1.82) is 0 Å². The third-order valence-electron chi connectivity index (χ3n) is 4.37. The summed E-state index contributed by atoms with van der Waals surface area (Å²) in [5.41, 5.74) is 3.00. The van der Waals surface area contributed by atoms with Crippen molar-refractivity contribution in [2.75, 3.05) is 6.61 Å². The predicted octanol–water partition coefficient (Wildman–Crippen LogP) is 1.17. The largest absolute Gasteiger partial charge is 0.394 e. The van der Waals surface area contributed by atoms with E-state index in [0.29, 0.717) is 13.0 Å². The molecule has 0 bridgehead atoms. The Bertz CT molecular complexity index is 547. The second-order valence-corrected chi connectivity index (χ2v) is 5.70. The van der Waals surface area contributed by atoms with Crippen LogP contribution in [0.3, 0.4) is 0 Å². The summed E-state index contributed by atoms with van der Waals surface area (Å²) in [4.78, 5) is 18.8. The van der Waals surface area contributed by atoms with Gasteiger partial charge in [-0.2, -0.15) is 0 Å². The third-order valence-corrected chi connectivity index (χ3v) is 4.37. The van der Waals surface area contributed by atoms with Gasteiger partial charge in [-0.15, -0.1) is 0 Å². The summed E-state index contributed by atoms with van der Waals surface area (Å²) in [5.74, 6) is 0.0834. The molecule has 20 heavy (non-hydrogen) atoms. The number of aromatic nitrogens is 2. The molecule has 1 aromatic rings. The van der Waals surface area contributed by atoms with Gasteiger partial charge in [0.25, 0.3) is 0 Å². The zero-order valence-electron chi connectivity index (χ0n) is 11.9. The highest BCUT2D eigenvalue weighted by atomic mass is 16.3. The summed E-state index contributed by atoms with van der Waals surface area (Å²) in [6, 6.07) is -0.131. The van der Waals surface area contributed by atoms with E-state index in [1.165, 1.54) is 6.42 Å². The highest BCUT2D eigenvalue weighted by Gasteiger charge is 2.33. The molecule has 1 N–H and O–H groups in total. The van der Waals surface area contributed by atoms with Crippen molar-refractivity contribution in [1.82, 2.24) is 14.5 Å². The van der Waals surface area contributed by atoms with Crippen molar-refractivity contribution < 1.29 is 9.90 Å². The van der Waals surface area contributed by atoms with Gasteiger partial charge < -0.3 is 14.6 Å². The number of rotatable bonds is 2. The van der Waals surface area contributed by atoms with Crippen LogP contribution in [-0.2, 0) is 24.8 Å². The predicted molar refractivity (Wildman–Crippen MR) is 74.9 cm³/mol. The molecule has 0 fully saturated rings. The van der Waals surface area contributed by atoms with Crippen LogP contribution in [0.25, 0.3) is 0 Å². The number of aryl methyl sites for hydroxylation is 1. The molecule has 1 atom stereocenters. The van der Waals surface area contributed by atoms with E-state index in [1.54, 1.807) is 11.2 Å². The second-order valence-electron chi connectivity index (χ2n) is 5.70. The SMILES string of the molecule is Cn1cnc2c1C[C@H](CO)N(C(=O)C1=CCCCC1)C2. The molecule has 1 aliphatic carbocycles. The highest BCUT2D eigenvalue weighted by molar-refractivity contribution is 5.93. The topological polar surface area (TPSA) is 58.4 Å². The smallest absolute Gasteiger partial charge is 0.250 e. The summed E-state index contributed by atoms with van der Waals surface area (Å²) in [7, 11) is 1.96. The number of hydrogen-bond acceptors (Lipinski definition) is 3. The van der Waals surface area contributed by atoms with Gasteiger partial charge in [0.15, 0.2) is 0 Å². The van der Waals surface area contributed by atoms with Crippen molar-refractivity contribution in [3.05, 3.63) is 29.4 Å². The lowest BCUT2D eigenvalue weighted by molar-refractivity contribution is -0.131. The molecule has 0 saturated heterocycles. The fourth-order valence-corrected chi connectivity index (χ4v) is 3.14. The number of hydrogen-bond donors (Lipinski definition) is 1. The molecule has 1 amide bonds. The Morgan fingerprint density at radius 2 is 2.35 bits per heavy atom. The van der Waals surface area contributed by atoms with E-state index in [4.69, 9.17) is 0 Å². The number of aliphatic hydroxyl groups excluding tert-OH is 1. The molecule has 0 radical (unpaired) electrons. The van der Waals surface area contributed by atoms with Gasteiger partial charge in [-0.25, -0.2) is 4.98 Å². The third kappa shape index (κ3) is 2.26. The first-order chi connectivity index (χ1) is 9.70. The van der Waals surface area contributed by atoms with E-state index >= 15 is 0 Å². The summed E-state index contributed by atoms with van der Waals surface area (Å²) in [5, 5.41) is 9.62. The van der Waals surface area contributed by atoms with Crippen LogP contribution < -0.4 is 0 Å². The molecule has 108 valence electrons. The fourth-order valence-electron chi connectivity index (χ4n) is 3.14. The van der Waals surface area contributed by atoms with Crippen LogP contribution in [0.4, 0.5) is 0 Å². The maximum atomic E-state index is 12.7. The van der Waals surface area contributed by atoms with E-state index in [2.05, 4.69) is 11.1 Å². The van der Waals surface area contributed by atoms with Gasteiger partial charge in [-0.1, -0.05) is 6.08 Å². The van der Waals surface area contributed by atoms with Crippen LogP contribution in [0, 0.1) is 0 Å². The Morgan fingerprint density at radius 1 is 1.50 bits per heavy atom. The number of amides is 1. The molecule has 2 aliphatic rings. The molecular weight excluding hydrogens is 254 g/mol. The molecule has 1 aliphatic heterocycles. The van der Waals surface area contributed by atoms with Gasteiger partial charge in [-0.3, -0.25) is 4.79 Å². The first-order valence-corrected chi connectivity index (χ1v) is 7.30. The van der Waals surface area contributed by atoms with Crippen molar-refractivity contribution in [3.63, 3.8) is 0 Å². The quantitative estimate of drug-likeness (QED) is 0.881. The minimum absolute atomic E-state index is 0.00361. The minimum atomic E-state index is -0.131. The Morgan fingerprint density at radius 3 is 3.05 bits per heavy atom. The number of carbonyl (C=O) groups is 1. The van der Waals surface area contributed by atoms with Crippen LogP contribution in [0.5, 0.6) is 0 Å². The molecule has 2 heterocycles. The maximum Gasteiger partial charge on any atom is 0.250 e. The molecule has 3 rings (SSSR count). The van der Waals surface area contributed by atoms with Gasteiger partial charge in [0.05, 0.1) is 31.2 Å². The number of aliphatic hydroxyl groups is 1. The number of carbonyl (C=O) groups excluding carboxylic acids is 1. The summed E-state index contributed by atoms with van der Waals surface area (Å²) >= 11 is 0. The average Bonchev–Trinajstić information content (AvgIpc) is 2.87. The molecule has 0 unspecified atom stereocenters. The van der Waals surface area contributed by atoms with Crippen LogP contribution in [-0.4, -0.2) is 38.1 Å². The van der Waals surface area contributed by atoms with Crippen LogP contribution in [0.1, 0.15) is 37.1 Å². The van der Waals surface area contributed by atoms with Crippen molar-refractivity contribution in [2.45, 2.75) is 44.7 Å². The number of nitrogens with zero attached hydrogens (tertiary/aromatic N) is 3. The monoisotopic (exact) mass is 275 g/mol. The zero-order chi connectivity index (χ0) is 14.1. The van der Waals surface area contributed by atoms with E-state index in [0.717, 1.165) is 36.2 Å². The summed E-state index contributed by atoms with van der Waals surface area (Å²) in [6.45, 7) is 0.515. The molecule has 1 aromatic heterocycles. The van der Waals surface area contributed by atoms with Crippen LogP contribution in [0.2, 0.25) is 0 Å². The molecule has 0 saturated carbocycles. The highest BCUT2D eigenvalue weighted by Crippen LogP contribution is 2.26. The van der Waals surface area contributed by atoms with Gasteiger partial charge >= 0.3 is 0 Å². The van der Waals surface area contributed by atoms with E-state index < -0.39 is 0 Å². The number of allylic oxidation sites excluding steroid dienone is 1. The normalized spacial score (nSPS) is 22.4. The minimum Gasteiger partial charge on any atom is -0.394 e. The lowest BCUT2D eigenvalue weighted by atomic mass is 9.96. The number of imidazole rings is 1. The Balaban J connectivity index is 1.85. The Hall–Kier alpha value is -1.62. The lowest BCUT2D eigenvalue weighted by Crippen LogP contribution is -2.47. The summed E-state index contributed by atoms with van der Waals surface area (Å²) < 4.78 is 1.99. The van der Waals surface area contributed by atoms with Crippen LogP contribution in [0.15, 0.2) is 18.0 Å². The maximum absolute atomic E-state index is 12.7. The standard InChI is InChI=1S/C15H21N3O2/c1-17-10-16-13-8-18(12(9-19)7-14(13)17)15(20)11-5-3-2-4-6-11/h5,10,12,19H,2-4,6-9H2,1H3/t12-/m1/s1. The molecular formula is C15H21N3O2. The van der Waals surface area contributed by atoms with Crippen molar-refractivity contribution >= 4 is 5.91 Å². The van der Waals surface area contributed by atoms with Gasteiger partial charge in [0, 0.05) is 24.7 Å². The van der Waals surface area contributed by atoms with Crippen molar-refractivity contribution in [2.24, 2.45) is 7.05 Å².